The predicted octanol–water partition coefficient (Wildman–Crippen LogP) is 3.73. The maximum absolute atomic E-state index is 13.4. The van der Waals surface area contributed by atoms with Gasteiger partial charge in [0.25, 0.3) is 0 Å². The summed E-state index contributed by atoms with van der Waals surface area (Å²) in [5.41, 5.74) is 6.32. The Bertz CT molecular complexity index is 529. The molecule has 2 aromatic rings. The van der Waals surface area contributed by atoms with Crippen LogP contribution in [0, 0.1) is 5.82 Å². The number of thiophene rings is 1. The fourth-order valence-corrected chi connectivity index (χ4v) is 3.00. The number of ether oxygens (including phenoxy) is 1. The second kappa shape index (κ2) is 6.31. The highest BCUT2D eigenvalue weighted by atomic mass is 79.9. The third kappa shape index (κ3) is 3.80. The van der Waals surface area contributed by atoms with Crippen LogP contribution < -0.4 is 10.5 Å². The minimum atomic E-state index is -0.289. The lowest BCUT2D eigenvalue weighted by atomic mass is 10.1. The van der Waals surface area contributed by atoms with Crippen LogP contribution in [0.1, 0.15) is 10.4 Å². The number of benzene rings is 1. The lowest BCUT2D eigenvalue weighted by molar-refractivity contribution is 0.308. The summed E-state index contributed by atoms with van der Waals surface area (Å²) in [6, 6.07) is 8.66. The van der Waals surface area contributed by atoms with Crippen LogP contribution in [0.4, 0.5) is 4.39 Å². The summed E-state index contributed by atoms with van der Waals surface area (Å²) in [4.78, 5) is 1.09. The molecule has 0 radical (unpaired) electrons. The molecule has 96 valence electrons. The van der Waals surface area contributed by atoms with Crippen molar-refractivity contribution >= 4 is 27.3 Å². The van der Waals surface area contributed by atoms with Crippen molar-refractivity contribution in [2.24, 2.45) is 5.73 Å². The molecule has 5 heteroatoms. The van der Waals surface area contributed by atoms with E-state index >= 15 is 0 Å². The van der Waals surface area contributed by atoms with Crippen molar-refractivity contribution in [2.75, 3.05) is 6.54 Å². The molecular weight excluding hydrogens is 317 g/mol. The molecule has 0 aliphatic carbocycles. The van der Waals surface area contributed by atoms with Crippen molar-refractivity contribution in [3.63, 3.8) is 0 Å². The Hall–Kier alpha value is -0.910. The van der Waals surface area contributed by atoms with Crippen LogP contribution in [0.15, 0.2) is 34.1 Å². The molecule has 0 spiro atoms. The van der Waals surface area contributed by atoms with Gasteiger partial charge in [-0.3, -0.25) is 0 Å². The summed E-state index contributed by atoms with van der Waals surface area (Å²) in [6.07, 6.45) is 0.651. The summed E-state index contributed by atoms with van der Waals surface area (Å²) in [5, 5.41) is 0. The molecule has 2 nitrogen and oxygen atoms in total. The van der Waals surface area contributed by atoms with Crippen molar-refractivity contribution in [1.82, 2.24) is 0 Å². The monoisotopic (exact) mass is 329 g/mol. The molecule has 0 aliphatic rings. The van der Waals surface area contributed by atoms with Crippen LogP contribution in [-0.2, 0) is 13.0 Å². The van der Waals surface area contributed by atoms with Crippen LogP contribution in [0.3, 0.4) is 0 Å². The number of rotatable bonds is 5. The maximum Gasteiger partial charge on any atom is 0.127 e. The van der Waals surface area contributed by atoms with Gasteiger partial charge in [-0.15, -0.1) is 11.3 Å². The maximum atomic E-state index is 13.4. The first-order valence-electron chi connectivity index (χ1n) is 5.54. The van der Waals surface area contributed by atoms with E-state index in [2.05, 4.69) is 15.9 Å². The van der Waals surface area contributed by atoms with Crippen molar-refractivity contribution in [1.29, 1.82) is 0 Å². The van der Waals surface area contributed by atoms with E-state index in [0.29, 0.717) is 25.3 Å². The van der Waals surface area contributed by atoms with E-state index in [0.717, 1.165) is 14.2 Å². The number of hydrogen-bond acceptors (Lipinski definition) is 3. The van der Waals surface area contributed by atoms with Gasteiger partial charge in [0.2, 0.25) is 0 Å². The summed E-state index contributed by atoms with van der Waals surface area (Å²) in [6.45, 7) is 0.947. The van der Waals surface area contributed by atoms with E-state index in [9.17, 15) is 4.39 Å². The van der Waals surface area contributed by atoms with Crippen LogP contribution in [0.5, 0.6) is 5.75 Å². The molecule has 0 saturated heterocycles. The van der Waals surface area contributed by atoms with E-state index in [1.165, 1.54) is 12.1 Å². The standard InChI is InChI=1S/C13H13BrFNOS/c14-13-2-1-12(18-13)8-17-11-6-9(3-4-16)5-10(15)7-11/h1-2,5-7H,3-4,8,16H2. The largest absolute Gasteiger partial charge is 0.488 e. The van der Waals surface area contributed by atoms with Gasteiger partial charge in [-0.1, -0.05) is 0 Å². The van der Waals surface area contributed by atoms with E-state index < -0.39 is 0 Å². The van der Waals surface area contributed by atoms with Gasteiger partial charge in [-0.05, 0) is 58.7 Å². The first-order chi connectivity index (χ1) is 8.67. The van der Waals surface area contributed by atoms with E-state index in [4.69, 9.17) is 10.5 Å². The zero-order valence-corrected chi connectivity index (χ0v) is 12.1. The lowest BCUT2D eigenvalue weighted by Gasteiger charge is -2.07. The summed E-state index contributed by atoms with van der Waals surface area (Å²) >= 11 is 4.99. The predicted molar refractivity (Wildman–Crippen MR) is 75.5 cm³/mol. The van der Waals surface area contributed by atoms with Crippen molar-refractivity contribution in [3.8, 4) is 5.75 Å². The van der Waals surface area contributed by atoms with E-state index in [1.807, 2.05) is 18.2 Å². The van der Waals surface area contributed by atoms with Crippen molar-refractivity contribution in [2.45, 2.75) is 13.0 Å². The molecule has 2 N–H and O–H groups in total. The smallest absolute Gasteiger partial charge is 0.127 e. The zero-order chi connectivity index (χ0) is 13.0. The van der Waals surface area contributed by atoms with Crippen LogP contribution in [0.25, 0.3) is 0 Å². The SMILES string of the molecule is NCCc1cc(F)cc(OCc2ccc(Br)s2)c1. The van der Waals surface area contributed by atoms with Gasteiger partial charge in [0.05, 0.1) is 3.79 Å². The molecule has 2 rings (SSSR count). The fourth-order valence-electron chi connectivity index (χ4n) is 1.60. The van der Waals surface area contributed by atoms with E-state index in [1.54, 1.807) is 11.3 Å². The average Bonchev–Trinajstić information content (AvgIpc) is 2.72. The molecule has 0 bridgehead atoms. The van der Waals surface area contributed by atoms with E-state index in [-0.39, 0.29) is 5.82 Å². The molecule has 1 aromatic carbocycles. The highest BCUT2D eigenvalue weighted by Gasteiger charge is 2.03. The molecule has 1 aromatic heterocycles. The van der Waals surface area contributed by atoms with Gasteiger partial charge in [0, 0.05) is 10.9 Å². The quantitative estimate of drug-likeness (QED) is 0.907. The molecular formula is C13H13BrFNOS. The topological polar surface area (TPSA) is 35.2 Å². The van der Waals surface area contributed by atoms with Gasteiger partial charge in [0.1, 0.15) is 18.2 Å². The van der Waals surface area contributed by atoms with Crippen LogP contribution in [0.2, 0.25) is 0 Å². The normalized spacial score (nSPS) is 10.6. The zero-order valence-electron chi connectivity index (χ0n) is 9.66. The third-order valence-corrected chi connectivity index (χ3v) is 3.97. The third-order valence-electron chi connectivity index (χ3n) is 2.37. The molecule has 0 amide bonds. The average molecular weight is 330 g/mol. The van der Waals surface area contributed by atoms with Gasteiger partial charge in [0.15, 0.2) is 0 Å². The molecule has 1 heterocycles. The first kappa shape index (κ1) is 13.5. The number of halogens is 2. The Morgan fingerprint density at radius 1 is 1.28 bits per heavy atom. The summed E-state index contributed by atoms with van der Waals surface area (Å²) < 4.78 is 20.0. The second-order valence-electron chi connectivity index (χ2n) is 3.83. The Morgan fingerprint density at radius 2 is 2.11 bits per heavy atom. The lowest BCUT2D eigenvalue weighted by Crippen LogP contribution is -2.03. The Morgan fingerprint density at radius 3 is 2.78 bits per heavy atom. The van der Waals surface area contributed by atoms with Gasteiger partial charge in [-0.25, -0.2) is 4.39 Å². The first-order valence-corrected chi connectivity index (χ1v) is 7.15. The number of nitrogens with two attached hydrogens (primary N) is 1. The van der Waals surface area contributed by atoms with Gasteiger partial charge < -0.3 is 10.5 Å². The summed E-state index contributed by atoms with van der Waals surface area (Å²) in [7, 11) is 0. The molecule has 0 aliphatic heterocycles. The fraction of sp³-hybridized carbons (Fsp3) is 0.231. The Kier molecular flexibility index (Phi) is 4.74. The molecule has 0 fully saturated rings. The number of hydrogen-bond donors (Lipinski definition) is 1. The summed E-state index contributed by atoms with van der Waals surface area (Å²) in [5.74, 6) is 0.256. The molecule has 0 unspecified atom stereocenters. The van der Waals surface area contributed by atoms with Crippen molar-refractivity contribution < 1.29 is 9.13 Å². The van der Waals surface area contributed by atoms with Crippen molar-refractivity contribution in [3.05, 3.63) is 50.4 Å². The van der Waals surface area contributed by atoms with Gasteiger partial charge in [-0.2, -0.15) is 0 Å². The Balaban J connectivity index is 2.04. The van der Waals surface area contributed by atoms with Gasteiger partial charge >= 0.3 is 0 Å². The van der Waals surface area contributed by atoms with Crippen LogP contribution >= 0.6 is 27.3 Å². The van der Waals surface area contributed by atoms with Crippen LogP contribution in [-0.4, -0.2) is 6.54 Å². The second-order valence-corrected chi connectivity index (χ2v) is 6.38. The highest BCUT2D eigenvalue weighted by Crippen LogP contribution is 2.24. The molecule has 0 atom stereocenters. The molecule has 0 saturated carbocycles. The minimum Gasteiger partial charge on any atom is -0.488 e. The Labute approximate surface area is 118 Å². The minimum absolute atomic E-state index is 0.289. The highest BCUT2D eigenvalue weighted by molar-refractivity contribution is 9.11. The molecule has 18 heavy (non-hydrogen) atoms.